The van der Waals surface area contributed by atoms with Crippen LogP contribution in [-0.4, -0.2) is 55.2 Å². The fourth-order valence-electron chi connectivity index (χ4n) is 5.93. The second kappa shape index (κ2) is 14.4. The molecule has 8 rings (SSSR count). The van der Waals surface area contributed by atoms with Gasteiger partial charge in [-0.1, -0.05) is 12.1 Å². The first kappa shape index (κ1) is 33.3. The zero-order chi connectivity index (χ0) is 35.5. The van der Waals surface area contributed by atoms with Crippen molar-refractivity contribution in [3.05, 3.63) is 131 Å². The average Bonchev–Trinajstić information content (AvgIpc) is 3.18. The summed E-state index contributed by atoms with van der Waals surface area (Å²) < 4.78 is 59.2. The van der Waals surface area contributed by atoms with Gasteiger partial charge in [0.1, 0.15) is 11.4 Å². The Bertz CT molecular complexity index is 2170. The summed E-state index contributed by atoms with van der Waals surface area (Å²) in [5.74, 6) is -3.84. The van der Waals surface area contributed by atoms with Crippen LogP contribution in [0, 0.1) is 23.3 Å². The largest absolute Gasteiger partial charge is 0.505 e. The molecule has 2 aromatic carbocycles. The fraction of sp³-hybridized carbons (Fsp3) is 0.189. The summed E-state index contributed by atoms with van der Waals surface area (Å²) in [5.41, 5.74) is 6.16. The van der Waals surface area contributed by atoms with Gasteiger partial charge in [0.05, 0.1) is 18.5 Å². The van der Waals surface area contributed by atoms with E-state index in [9.17, 15) is 22.7 Å². The van der Waals surface area contributed by atoms with E-state index < -0.39 is 29.0 Å². The lowest BCUT2D eigenvalue weighted by molar-refractivity contribution is 0.372. The van der Waals surface area contributed by atoms with Crippen molar-refractivity contribution in [2.24, 2.45) is 0 Å². The molecule has 10 nitrogen and oxygen atoms in total. The molecule has 0 amide bonds. The molecule has 14 heteroatoms. The van der Waals surface area contributed by atoms with Gasteiger partial charge in [0.2, 0.25) is 5.82 Å². The van der Waals surface area contributed by atoms with E-state index in [2.05, 4.69) is 29.9 Å². The molecule has 4 aromatic heterocycles. The summed E-state index contributed by atoms with van der Waals surface area (Å²) in [7, 11) is 1.32. The van der Waals surface area contributed by atoms with Crippen LogP contribution < -0.4 is 14.5 Å². The van der Waals surface area contributed by atoms with Gasteiger partial charge in [0, 0.05) is 111 Å². The van der Waals surface area contributed by atoms with Gasteiger partial charge in [0.25, 0.3) is 0 Å². The van der Waals surface area contributed by atoms with Crippen molar-refractivity contribution in [3.8, 4) is 34.5 Å². The van der Waals surface area contributed by atoms with Crippen LogP contribution in [0.3, 0.4) is 0 Å². The topological polar surface area (TPSA) is 113 Å². The van der Waals surface area contributed by atoms with Crippen molar-refractivity contribution in [1.82, 2.24) is 29.9 Å². The number of ether oxygens (including phenoxy) is 1. The van der Waals surface area contributed by atoms with Gasteiger partial charge in [-0.15, -0.1) is 0 Å². The summed E-state index contributed by atoms with van der Waals surface area (Å²) in [6.45, 7) is 2.20. The van der Waals surface area contributed by atoms with Gasteiger partial charge < -0.3 is 19.6 Å². The maximum atomic E-state index is 13.8. The highest BCUT2D eigenvalue weighted by Gasteiger charge is 2.23. The van der Waals surface area contributed by atoms with E-state index in [0.29, 0.717) is 67.7 Å². The van der Waals surface area contributed by atoms with E-state index in [1.807, 2.05) is 46.2 Å². The van der Waals surface area contributed by atoms with Crippen LogP contribution in [0.5, 0.6) is 11.5 Å². The van der Waals surface area contributed by atoms with E-state index in [0.717, 1.165) is 34.3 Å². The highest BCUT2D eigenvalue weighted by Crippen LogP contribution is 2.32. The molecular formula is C37H30F4N8O2. The van der Waals surface area contributed by atoms with Crippen LogP contribution in [0.25, 0.3) is 23.0 Å². The molecule has 1 N–H and O–H groups in total. The van der Waals surface area contributed by atoms with Crippen LogP contribution in [-0.2, 0) is 25.9 Å². The zero-order valence-corrected chi connectivity index (χ0v) is 27.3. The highest BCUT2D eigenvalue weighted by molar-refractivity contribution is 5.56. The quantitative estimate of drug-likeness (QED) is 0.202. The van der Waals surface area contributed by atoms with Gasteiger partial charge in [0.15, 0.2) is 40.6 Å². The van der Waals surface area contributed by atoms with Crippen LogP contribution >= 0.6 is 0 Å². The Morgan fingerprint density at radius 1 is 0.647 bits per heavy atom. The first-order chi connectivity index (χ1) is 24.8. The van der Waals surface area contributed by atoms with Crippen molar-refractivity contribution in [1.29, 1.82) is 0 Å². The standard InChI is InChI=1S/C19H16F2N4O.C18H14F2N4O/c1-26-17-9-13(8-14(20)18(17)21)25-7-5-15-12(11-25)10-23-19(24-15)16-4-2-3-6-22-16;19-13-7-12(8-16(25)17(13)20)24-6-4-14-11(10-24)9-22-18(23-14)15-3-1-2-5-21-15/h2-4,6,8-10H,5,7,11H2,1H3;1-3,5,7-9,25H,4,6,10H2. The number of fused-ring (bicyclic) bond motifs is 2. The minimum Gasteiger partial charge on any atom is -0.505 e. The third-order valence-corrected chi connectivity index (χ3v) is 8.58. The van der Waals surface area contributed by atoms with Gasteiger partial charge in [-0.3, -0.25) is 9.97 Å². The fourth-order valence-corrected chi connectivity index (χ4v) is 5.93. The molecular weight excluding hydrogens is 664 g/mol. The number of benzene rings is 2. The molecule has 6 heterocycles. The number of methoxy groups -OCH3 is 1. The molecule has 0 aliphatic carbocycles. The molecule has 0 atom stereocenters. The van der Waals surface area contributed by atoms with Crippen LogP contribution in [0.1, 0.15) is 22.5 Å². The van der Waals surface area contributed by atoms with Crippen molar-refractivity contribution in [2.45, 2.75) is 25.9 Å². The maximum Gasteiger partial charge on any atom is 0.200 e. The minimum absolute atomic E-state index is 0.104. The van der Waals surface area contributed by atoms with Crippen molar-refractivity contribution < 1.29 is 27.4 Å². The van der Waals surface area contributed by atoms with E-state index in [1.165, 1.54) is 25.3 Å². The third kappa shape index (κ3) is 7.11. The van der Waals surface area contributed by atoms with Gasteiger partial charge in [-0.05, 0) is 24.3 Å². The molecule has 258 valence electrons. The number of nitrogens with zero attached hydrogens (tertiary/aromatic N) is 8. The van der Waals surface area contributed by atoms with Gasteiger partial charge >= 0.3 is 0 Å². The maximum absolute atomic E-state index is 13.8. The molecule has 0 spiro atoms. The number of hydrogen-bond acceptors (Lipinski definition) is 10. The number of hydrogen-bond donors (Lipinski definition) is 1. The normalized spacial score (nSPS) is 13.5. The number of aromatic hydroxyl groups is 1. The van der Waals surface area contributed by atoms with Crippen LogP contribution in [0.15, 0.2) is 85.5 Å². The Kier molecular flexibility index (Phi) is 9.38. The molecule has 0 fully saturated rings. The molecule has 0 saturated carbocycles. The number of phenolic OH excluding ortho intramolecular Hbond substituents is 1. The summed E-state index contributed by atoms with van der Waals surface area (Å²) in [4.78, 5) is 30.3. The lowest BCUT2D eigenvalue weighted by Gasteiger charge is -2.30. The molecule has 0 unspecified atom stereocenters. The SMILES string of the molecule is COc1cc(N2CCc3nc(-c4ccccn4)ncc3C2)cc(F)c1F.Oc1cc(N2CCc3nc(-c4ccccn4)ncc3C2)cc(F)c1F. The van der Waals surface area contributed by atoms with Gasteiger partial charge in [-0.2, -0.15) is 8.78 Å². The van der Waals surface area contributed by atoms with E-state index in [-0.39, 0.29) is 5.75 Å². The molecule has 0 bridgehead atoms. The van der Waals surface area contributed by atoms with E-state index in [4.69, 9.17) is 4.74 Å². The van der Waals surface area contributed by atoms with E-state index in [1.54, 1.807) is 24.8 Å². The Morgan fingerprint density at radius 2 is 1.16 bits per heavy atom. The Balaban J connectivity index is 0.000000159. The molecule has 51 heavy (non-hydrogen) atoms. The highest BCUT2D eigenvalue weighted by atomic mass is 19.2. The summed E-state index contributed by atoms with van der Waals surface area (Å²) in [6, 6.07) is 16.2. The number of anilines is 2. The Morgan fingerprint density at radius 3 is 1.63 bits per heavy atom. The molecule has 0 radical (unpaired) electrons. The average molecular weight is 695 g/mol. The van der Waals surface area contributed by atoms with E-state index >= 15 is 0 Å². The predicted molar refractivity (Wildman–Crippen MR) is 181 cm³/mol. The van der Waals surface area contributed by atoms with Crippen molar-refractivity contribution in [2.75, 3.05) is 30.0 Å². The lowest BCUT2D eigenvalue weighted by Crippen LogP contribution is -2.31. The molecule has 0 saturated heterocycles. The van der Waals surface area contributed by atoms with Crippen LogP contribution in [0.4, 0.5) is 28.9 Å². The first-order valence-electron chi connectivity index (χ1n) is 16.0. The summed E-state index contributed by atoms with van der Waals surface area (Å²) >= 11 is 0. The monoisotopic (exact) mass is 694 g/mol. The van der Waals surface area contributed by atoms with Crippen LogP contribution in [0.2, 0.25) is 0 Å². The number of pyridine rings is 2. The number of aromatic nitrogens is 6. The Labute approximate surface area is 290 Å². The second-order valence-corrected chi connectivity index (χ2v) is 11.8. The van der Waals surface area contributed by atoms with Crippen molar-refractivity contribution >= 4 is 11.4 Å². The number of phenols is 1. The minimum atomic E-state index is -1.23. The Hall–Kier alpha value is -6.18. The molecule has 2 aliphatic heterocycles. The second-order valence-electron chi connectivity index (χ2n) is 11.8. The summed E-state index contributed by atoms with van der Waals surface area (Å²) in [6.07, 6.45) is 8.22. The molecule has 2 aliphatic rings. The molecule has 6 aromatic rings. The zero-order valence-electron chi connectivity index (χ0n) is 27.3. The summed E-state index contributed by atoms with van der Waals surface area (Å²) in [5, 5.41) is 9.50. The third-order valence-electron chi connectivity index (χ3n) is 8.58. The number of halogens is 4. The number of rotatable bonds is 5. The predicted octanol–water partition coefficient (Wildman–Crippen LogP) is 6.47. The van der Waals surface area contributed by atoms with Gasteiger partial charge in [-0.25, -0.2) is 28.7 Å². The lowest BCUT2D eigenvalue weighted by atomic mass is 10.1. The first-order valence-corrected chi connectivity index (χ1v) is 16.0. The smallest absolute Gasteiger partial charge is 0.200 e. The van der Waals surface area contributed by atoms with Crippen molar-refractivity contribution in [3.63, 3.8) is 0 Å².